The molecule has 1 saturated carbocycles. The summed E-state index contributed by atoms with van der Waals surface area (Å²) >= 11 is 1.78. The minimum Gasteiger partial charge on any atom is -0.392 e. The Labute approximate surface area is 107 Å². The number of hydrogen-bond acceptors (Lipinski definition) is 3. The molecule has 0 aliphatic heterocycles. The summed E-state index contributed by atoms with van der Waals surface area (Å²) in [6, 6.07) is 7.87. The summed E-state index contributed by atoms with van der Waals surface area (Å²) in [4.78, 5) is 1.05. The van der Waals surface area contributed by atoms with E-state index in [1.54, 1.807) is 17.8 Å². The summed E-state index contributed by atoms with van der Waals surface area (Å²) in [5.41, 5.74) is 1.51. The van der Waals surface area contributed by atoms with Crippen molar-refractivity contribution in [3.8, 4) is 6.07 Å². The predicted octanol–water partition coefficient (Wildman–Crippen LogP) is 3.33. The third-order valence-electron chi connectivity index (χ3n) is 3.30. The van der Waals surface area contributed by atoms with Crippen LogP contribution in [-0.4, -0.2) is 10.9 Å². The second kappa shape index (κ2) is 6.09. The van der Waals surface area contributed by atoms with E-state index < -0.39 is 0 Å². The molecule has 0 amide bonds. The van der Waals surface area contributed by atoms with E-state index in [1.165, 1.54) is 25.7 Å². The standard InChI is InChI=1S/C14H17NOS/c15-8-13-7-12(9-16)5-6-14(13)17-10-11-3-1-2-4-11/h5-7,11,16H,1-4,9-10H2. The molecule has 1 aromatic carbocycles. The molecule has 0 unspecified atom stereocenters. The maximum Gasteiger partial charge on any atom is 0.100 e. The van der Waals surface area contributed by atoms with Crippen LogP contribution in [0.3, 0.4) is 0 Å². The fourth-order valence-electron chi connectivity index (χ4n) is 2.27. The van der Waals surface area contributed by atoms with Crippen LogP contribution in [0.2, 0.25) is 0 Å². The summed E-state index contributed by atoms with van der Waals surface area (Å²) in [5, 5.41) is 18.1. The molecule has 0 aromatic heterocycles. The number of hydrogen-bond donors (Lipinski definition) is 1. The van der Waals surface area contributed by atoms with Gasteiger partial charge in [-0.25, -0.2) is 0 Å². The van der Waals surface area contributed by atoms with E-state index in [0.717, 1.165) is 22.1 Å². The van der Waals surface area contributed by atoms with Crippen molar-refractivity contribution >= 4 is 11.8 Å². The number of nitrogens with zero attached hydrogens (tertiary/aromatic N) is 1. The Balaban J connectivity index is 2.02. The molecule has 1 aliphatic carbocycles. The normalized spacial score (nSPS) is 16.0. The largest absolute Gasteiger partial charge is 0.392 e. The van der Waals surface area contributed by atoms with E-state index in [1.807, 2.05) is 12.1 Å². The SMILES string of the molecule is N#Cc1cc(CO)ccc1SCC1CCCC1. The Kier molecular flexibility index (Phi) is 4.47. The van der Waals surface area contributed by atoms with Gasteiger partial charge in [0.25, 0.3) is 0 Å². The van der Waals surface area contributed by atoms with Crippen LogP contribution >= 0.6 is 11.8 Å². The highest BCUT2D eigenvalue weighted by molar-refractivity contribution is 7.99. The highest BCUT2D eigenvalue weighted by Crippen LogP contribution is 2.32. The molecule has 0 atom stereocenters. The van der Waals surface area contributed by atoms with Gasteiger partial charge in [-0.05, 0) is 36.5 Å². The molecule has 3 heteroatoms. The number of benzene rings is 1. The molecule has 0 radical (unpaired) electrons. The van der Waals surface area contributed by atoms with Gasteiger partial charge in [0.1, 0.15) is 6.07 Å². The summed E-state index contributed by atoms with van der Waals surface area (Å²) in [6.07, 6.45) is 5.40. The van der Waals surface area contributed by atoms with Crippen LogP contribution in [0.4, 0.5) is 0 Å². The minimum atomic E-state index is 0.00223. The van der Waals surface area contributed by atoms with Gasteiger partial charge in [-0.1, -0.05) is 18.9 Å². The van der Waals surface area contributed by atoms with Crippen LogP contribution < -0.4 is 0 Å². The number of aliphatic hydroxyl groups excluding tert-OH is 1. The van der Waals surface area contributed by atoms with Gasteiger partial charge in [0.2, 0.25) is 0 Å². The number of thioether (sulfide) groups is 1. The molecule has 2 rings (SSSR count). The van der Waals surface area contributed by atoms with E-state index in [2.05, 4.69) is 6.07 Å². The average molecular weight is 247 g/mol. The second-order valence-corrected chi connectivity index (χ2v) is 5.62. The van der Waals surface area contributed by atoms with Crippen molar-refractivity contribution in [3.63, 3.8) is 0 Å². The van der Waals surface area contributed by atoms with Crippen molar-refractivity contribution in [1.82, 2.24) is 0 Å². The first kappa shape index (κ1) is 12.5. The molecule has 90 valence electrons. The van der Waals surface area contributed by atoms with Crippen LogP contribution in [0.5, 0.6) is 0 Å². The molecule has 1 aromatic rings. The molecule has 1 aliphatic rings. The first-order chi connectivity index (χ1) is 8.33. The zero-order valence-electron chi connectivity index (χ0n) is 9.85. The van der Waals surface area contributed by atoms with Gasteiger partial charge in [-0.3, -0.25) is 0 Å². The smallest absolute Gasteiger partial charge is 0.100 e. The summed E-state index contributed by atoms with van der Waals surface area (Å²) in [6.45, 7) is 0.00223. The Morgan fingerprint density at radius 3 is 2.76 bits per heavy atom. The summed E-state index contributed by atoms with van der Waals surface area (Å²) in [7, 11) is 0. The molecule has 17 heavy (non-hydrogen) atoms. The average Bonchev–Trinajstić information content (AvgIpc) is 2.89. The Hall–Kier alpha value is -0.980. The highest BCUT2D eigenvalue weighted by Gasteiger charge is 2.15. The van der Waals surface area contributed by atoms with Gasteiger partial charge in [0.15, 0.2) is 0 Å². The second-order valence-electron chi connectivity index (χ2n) is 4.56. The van der Waals surface area contributed by atoms with Gasteiger partial charge < -0.3 is 5.11 Å². The number of aliphatic hydroxyl groups is 1. The van der Waals surface area contributed by atoms with E-state index >= 15 is 0 Å². The molecule has 0 saturated heterocycles. The maximum atomic E-state index is 9.09. The summed E-state index contributed by atoms with van der Waals surface area (Å²) < 4.78 is 0. The number of rotatable bonds is 4. The van der Waals surface area contributed by atoms with Gasteiger partial charge in [-0.15, -0.1) is 11.8 Å². The van der Waals surface area contributed by atoms with Crippen LogP contribution in [0.1, 0.15) is 36.8 Å². The van der Waals surface area contributed by atoms with Crippen molar-refractivity contribution in [2.24, 2.45) is 5.92 Å². The first-order valence-electron chi connectivity index (χ1n) is 6.10. The molecule has 1 fully saturated rings. The molecule has 0 spiro atoms. The van der Waals surface area contributed by atoms with Crippen molar-refractivity contribution in [2.45, 2.75) is 37.2 Å². The third-order valence-corrected chi connectivity index (χ3v) is 4.60. The van der Waals surface area contributed by atoms with Crippen LogP contribution in [0.15, 0.2) is 23.1 Å². The lowest BCUT2D eigenvalue weighted by Gasteiger charge is -2.09. The Morgan fingerprint density at radius 2 is 2.12 bits per heavy atom. The molecule has 1 N–H and O–H groups in total. The zero-order chi connectivity index (χ0) is 12.1. The van der Waals surface area contributed by atoms with E-state index in [9.17, 15) is 0 Å². The molecular formula is C14H17NOS. The molecule has 0 heterocycles. The quantitative estimate of drug-likeness (QED) is 0.830. The highest BCUT2D eigenvalue weighted by atomic mass is 32.2. The monoisotopic (exact) mass is 247 g/mol. The molecule has 2 nitrogen and oxygen atoms in total. The van der Waals surface area contributed by atoms with E-state index in [4.69, 9.17) is 10.4 Å². The summed E-state index contributed by atoms with van der Waals surface area (Å²) in [5.74, 6) is 1.94. The van der Waals surface area contributed by atoms with Crippen LogP contribution in [0, 0.1) is 17.2 Å². The molecular weight excluding hydrogens is 230 g/mol. The lowest BCUT2D eigenvalue weighted by Crippen LogP contribution is -1.97. The van der Waals surface area contributed by atoms with Crippen molar-refractivity contribution < 1.29 is 5.11 Å². The lowest BCUT2D eigenvalue weighted by molar-refractivity contribution is 0.281. The molecule has 0 bridgehead atoms. The van der Waals surface area contributed by atoms with Crippen molar-refractivity contribution in [1.29, 1.82) is 5.26 Å². The van der Waals surface area contributed by atoms with Gasteiger partial charge in [0.05, 0.1) is 12.2 Å². The van der Waals surface area contributed by atoms with Crippen molar-refractivity contribution in [3.05, 3.63) is 29.3 Å². The van der Waals surface area contributed by atoms with Gasteiger partial charge in [0, 0.05) is 10.6 Å². The van der Waals surface area contributed by atoms with E-state index in [0.29, 0.717) is 5.56 Å². The zero-order valence-corrected chi connectivity index (χ0v) is 10.7. The predicted molar refractivity (Wildman–Crippen MR) is 69.8 cm³/mol. The maximum absolute atomic E-state index is 9.09. The Morgan fingerprint density at radius 1 is 1.35 bits per heavy atom. The minimum absolute atomic E-state index is 0.00223. The van der Waals surface area contributed by atoms with Crippen LogP contribution in [-0.2, 0) is 6.61 Å². The fourth-order valence-corrected chi connectivity index (χ4v) is 3.45. The number of nitriles is 1. The first-order valence-corrected chi connectivity index (χ1v) is 7.08. The van der Waals surface area contributed by atoms with Crippen LogP contribution in [0.25, 0.3) is 0 Å². The van der Waals surface area contributed by atoms with Crippen molar-refractivity contribution in [2.75, 3.05) is 5.75 Å². The topological polar surface area (TPSA) is 44.0 Å². The van der Waals surface area contributed by atoms with Gasteiger partial charge >= 0.3 is 0 Å². The third kappa shape index (κ3) is 3.24. The fraction of sp³-hybridized carbons (Fsp3) is 0.500. The van der Waals surface area contributed by atoms with Gasteiger partial charge in [-0.2, -0.15) is 5.26 Å². The Bertz CT molecular complexity index is 419. The lowest BCUT2D eigenvalue weighted by atomic mass is 10.1. The van der Waals surface area contributed by atoms with E-state index in [-0.39, 0.29) is 6.61 Å².